The molecule has 0 aromatic rings. The van der Waals surface area contributed by atoms with Gasteiger partial charge in [0.2, 0.25) is 5.78 Å². The third-order valence-electron chi connectivity index (χ3n) is 15.4. The molecule has 15 unspecified atom stereocenters. The van der Waals surface area contributed by atoms with Crippen molar-refractivity contribution in [1.29, 1.82) is 0 Å². The second-order valence-electron chi connectivity index (χ2n) is 21.5. The highest BCUT2D eigenvalue weighted by Crippen LogP contribution is 2.36. The van der Waals surface area contributed by atoms with Crippen LogP contribution in [0.25, 0.3) is 0 Å². The lowest BCUT2D eigenvalue weighted by atomic mass is 9.78. The van der Waals surface area contributed by atoms with Gasteiger partial charge in [-0.05, 0) is 101 Å². The second kappa shape index (κ2) is 30.5. The summed E-state index contributed by atoms with van der Waals surface area (Å²) in [5.74, 6) is -9.49. The number of methoxy groups -OCH3 is 3. The maximum absolute atomic E-state index is 14.4. The van der Waals surface area contributed by atoms with Gasteiger partial charge in [-0.15, -0.1) is 0 Å². The molecule has 2 aliphatic heterocycles. The summed E-state index contributed by atoms with van der Waals surface area (Å²) in [6, 6.07) is -1.28. The van der Waals surface area contributed by atoms with E-state index in [0.29, 0.717) is 50.5 Å². The highest BCUT2D eigenvalue weighted by Gasteiger charge is 2.44. The normalized spacial score (nSPS) is 35.7. The Morgan fingerprint density at radius 1 is 0.824 bits per heavy atom. The molecule has 2 fully saturated rings. The summed E-state index contributed by atoms with van der Waals surface area (Å²) in [5.41, 5.74) is -0.427. The minimum atomic E-state index is -1.50. The number of esters is 2. The summed E-state index contributed by atoms with van der Waals surface area (Å²) in [7, 11) is 4.29. The van der Waals surface area contributed by atoms with E-state index < -0.39 is 127 Å². The lowest BCUT2D eigenvalue weighted by molar-refractivity contribution is -0.177. The van der Waals surface area contributed by atoms with Gasteiger partial charge < -0.3 is 54.1 Å². The first-order valence-electron chi connectivity index (χ1n) is 26.3. The number of Topliss-reactive ketones (excluding diaryl/α,β-unsaturated/α-hetero) is 4. The van der Waals surface area contributed by atoms with Crippen LogP contribution in [0.3, 0.4) is 0 Å². The van der Waals surface area contributed by atoms with Gasteiger partial charge in [-0.1, -0.05) is 71.1 Å². The number of ketones is 4. The number of carbonyl (C=O) groups excluding carboxylic acids is 7. The Morgan fingerprint density at radius 3 is 2.12 bits per heavy atom. The number of rotatable bonds is 10. The molecule has 74 heavy (non-hydrogen) atoms. The molecule has 2 heterocycles. The average Bonchev–Trinajstić information content (AvgIpc) is 3.38. The molecule has 0 bridgehead atoms. The Hall–Kier alpha value is -4.27. The van der Waals surface area contributed by atoms with E-state index in [1.165, 1.54) is 35.2 Å². The van der Waals surface area contributed by atoms with Crippen LogP contribution in [0.5, 0.6) is 0 Å². The zero-order valence-electron chi connectivity index (χ0n) is 45.6. The van der Waals surface area contributed by atoms with Gasteiger partial charge in [0.15, 0.2) is 5.78 Å². The molecule has 15 atom stereocenters. The van der Waals surface area contributed by atoms with Crippen molar-refractivity contribution >= 4 is 41.0 Å². The van der Waals surface area contributed by atoms with Crippen LogP contribution >= 0.6 is 0 Å². The van der Waals surface area contributed by atoms with Crippen LogP contribution in [0.1, 0.15) is 126 Å². The molecule has 0 aromatic heterocycles. The standard InChI is InChI=1S/C56H87NO17/c1-32-17-13-12-14-18-33(2)45(70-9)28-40(60)27-43(62)38(7)50(65)51(66)53(67)57-22-16-15-19-41(57)54(68)73-46(29-42(61)34(3)24-37(6)49(64)52(72-11)48(63)36(5)23-32)35(4)25-39-20-21-44(47(26-39)71-10)74-55(69)56(8,30-58)31-59/h12-14,17-18,24,32,34-36,38-41,43-47,49,52,58-60,62,64H,15-16,19-23,25-31H2,1-11H3/b14-12-,17-13-,33-18-,37-24-. The number of cyclic esters (lactones) is 1. The number of aliphatic hydroxyl groups excluding tert-OH is 5. The Labute approximate surface area is 437 Å². The SMILES string of the molecule is COC1CC(O)CC(O)C(C)C(=O)C(=O)C(=O)N2CCCCC2C(=O)OC(C(C)CC2CCC(OC(=O)C(C)(CO)CO)C(OC)C2)CC(=O)C(C)/C=C(/C)C(O)C(OC)C(=O)C(C)CC(C)\C=C/C=C\C=C/1C. The predicted molar refractivity (Wildman–Crippen MR) is 274 cm³/mol. The van der Waals surface area contributed by atoms with E-state index in [2.05, 4.69) is 0 Å². The fraction of sp³-hybridized carbons (Fsp3) is 0.732. The molecule has 1 aliphatic carbocycles. The second-order valence-corrected chi connectivity index (χ2v) is 21.5. The van der Waals surface area contributed by atoms with Gasteiger partial charge in [-0.3, -0.25) is 28.8 Å². The van der Waals surface area contributed by atoms with E-state index >= 15 is 0 Å². The van der Waals surface area contributed by atoms with E-state index in [9.17, 15) is 59.1 Å². The zero-order chi connectivity index (χ0) is 55.6. The van der Waals surface area contributed by atoms with Gasteiger partial charge in [0.1, 0.15) is 41.7 Å². The van der Waals surface area contributed by atoms with Crippen molar-refractivity contribution in [3.63, 3.8) is 0 Å². The molecule has 1 saturated heterocycles. The van der Waals surface area contributed by atoms with E-state index in [-0.39, 0.29) is 55.6 Å². The number of allylic oxidation sites excluding steroid dienone is 6. The maximum Gasteiger partial charge on any atom is 0.329 e. The Morgan fingerprint density at radius 2 is 1.50 bits per heavy atom. The average molecular weight is 1050 g/mol. The lowest BCUT2D eigenvalue weighted by Crippen LogP contribution is -2.53. The van der Waals surface area contributed by atoms with Gasteiger partial charge in [0, 0.05) is 64.9 Å². The van der Waals surface area contributed by atoms with Crippen molar-refractivity contribution in [2.75, 3.05) is 41.1 Å². The van der Waals surface area contributed by atoms with Crippen LogP contribution in [0, 0.1) is 40.9 Å². The van der Waals surface area contributed by atoms with Crippen LogP contribution in [0.15, 0.2) is 47.6 Å². The number of hydrogen-bond acceptors (Lipinski definition) is 17. The first-order chi connectivity index (χ1) is 34.9. The molecule has 1 amide bonds. The highest BCUT2D eigenvalue weighted by molar-refractivity contribution is 6.63. The van der Waals surface area contributed by atoms with Gasteiger partial charge in [0.05, 0.1) is 37.6 Å². The molecule has 418 valence electrons. The fourth-order valence-electron chi connectivity index (χ4n) is 10.1. The van der Waals surface area contributed by atoms with Crippen LogP contribution in [0.2, 0.25) is 0 Å². The molecule has 3 rings (SSSR count). The third-order valence-corrected chi connectivity index (χ3v) is 15.4. The van der Waals surface area contributed by atoms with Crippen molar-refractivity contribution in [3.8, 4) is 0 Å². The number of piperidine rings is 1. The molecule has 3 aliphatic rings. The molecule has 0 spiro atoms. The minimum absolute atomic E-state index is 0.0402. The smallest absolute Gasteiger partial charge is 0.329 e. The Balaban J connectivity index is 2.01. The van der Waals surface area contributed by atoms with E-state index in [4.69, 9.17) is 23.7 Å². The van der Waals surface area contributed by atoms with Gasteiger partial charge >= 0.3 is 11.9 Å². The van der Waals surface area contributed by atoms with Crippen LogP contribution < -0.4 is 0 Å². The molecule has 18 nitrogen and oxygen atoms in total. The minimum Gasteiger partial charge on any atom is -0.460 e. The van der Waals surface area contributed by atoms with Crippen molar-refractivity contribution in [2.24, 2.45) is 40.9 Å². The molecule has 5 N–H and O–H groups in total. The van der Waals surface area contributed by atoms with Gasteiger partial charge in [0.25, 0.3) is 11.7 Å². The van der Waals surface area contributed by atoms with Gasteiger partial charge in [-0.2, -0.15) is 0 Å². The number of ether oxygens (including phenoxy) is 5. The Bertz CT molecular complexity index is 2020. The van der Waals surface area contributed by atoms with E-state index in [1.54, 1.807) is 39.0 Å². The maximum atomic E-state index is 14.4. The molecular weight excluding hydrogens is 959 g/mol. The van der Waals surface area contributed by atoms with E-state index in [1.807, 2.05) is 39.0 Å². The molecule has 1 saturated carbocycles. The van der Waals surface area contributed by atoms with Crippen molar-refractivity contribution in [1.82, 2.24) is 4.90 Å². The predicted octanol–water partition coefficient (Wildman–Crippen LogP) is 4.54. The third kappa shape index (κ3) is 17.9. The van der Waals surface area contributed by atoms with Crippen molar-refractivity contribution < 1.29 is 82.8 Å². The summed E-state index contributed by atoms with van der Waals surface area (Å²) in [5, 5.41) is 53.1. The number of nitrogens with zero attached hydrogens (tertiary/aromatic N) is 1. The number of aliphatic hydroxyl groups is 5. The quantitative estimate of drug-likeness (QED) is 0.114. The van der Waals surface area contributed by atoms with E-state index in [0.717, 1.165) is 10.5 Å². The summed E-state index contributed by atoms with van der Waals surface area (Å²) in [4.78, 5) is 97.4. The van der Waals surface area contributed by atoms with Gasteiger partial charge in [-0.25, -0.2) is 4.79 Å². The zero-order valence-corrected chi connectivity index (χ0v) is 45.6. The Kier molecular flexibility index (Phi) is 26.4. The number of fused-ring (bicyclic) bond motifs is 1. The first kappa shape index (κ1) is 64.0. The van der Waals surface area contributed by atoms with Crippen LogP contribution in [-0.4, -0.2) is 167 Å². The summed E-state index contributed by atoms with van der Waals surface area (Å²) < 4.78 is 28.9. The monoisotopic (exact) mass is 1050 g/mol. The lowest BCUT2D eigenvalue weighted by Gasteiger charge is -2.38. The summed E-state index contributed by atoms with van der Waals surface area (Å²) in [6.07, 6.45) is 5.28. The van der Waals surface area contributed by atoms with Crippen molar-refractivity contribution in [3.05, 3.63) is 47.6 Å². The highest BCUT2D eigenvalue weighted by atomic mass is 16.6. The summed E-state index contributed by atoms with van der Waals surface area (Å²) >= 11 is 0. The molecule has 18 heteroatoms. The topological polar surface area (TPSA) is 270 Å². The molecular formula is C56H87NO17. The number of hydrogen-bond donors (Lipinski definition) is 5. The van der Waals surface area contributed by atoms with Crippen molar-refractivity contribution in [2.45, 2.75) is 181 Å². The number of carbonyl (C=O) groups is 7. The fourth-order valence-corrected chi connectivity index (χ4v) is 10.1. The molecule has 0 radical (unpaired) electrons. The summed E-state index contributed by atoms with van der Waals surface area (Å²) in [6.45, 7) is 12.0. The van der Waals surface area contributed by atoms with Crippen LogP contribution in [0.4, 0.5) is 0 Å². The largest absolute Gasteiger partial charge is 0.460 e. The first-order valence-corrected chi connectivity index (χ1v) is 26.3. The van der Waals surface area contributed by atoms with Crippen LogP contribution in [-0.2, 0) is 57.2 Å². The molecule has 0 aromatic carbocycles. The number of amides is 1.